The van der Waals surface area contributed by atoms with E-state index in [9.17, 15) is 9.90 Å². The van der Waals surface area contributed by atoms with Gasteiger partial charge in [-0.2, -0.15) is 0 Å². The number of anilines is 1. The van der Waals surface area contributed by atoms with E-state index in [1.165, 1.54) is 6.33 Å². The van der Waals surface area contributed by atoms with Crippen molar-refractivity contribution in [1.29, 1.82) is 0 Å². The van der Waals surface area contributed by atoms with Gasteiger partial charge in [-0.15, -0.1) is 0 Å². The highest BCUT2D eigenvalue weighted by Gasteiger charge is 2.32. The van der Waals surface area contributed by atoms with Crippen LogP contribution < -0.4 is 4.90 Å². The third kappa shape index (κ3) is 2.10. The van der Waals surface area contributed by atoms with Crippen LogP contribution in [0.2, 0.25) is 5.02 Å². The van der Waals surface area contributed by atoms with Gasteiger partial charge in [-0.1, -0.05) is 11.6 Å². The quantitative estimate of drug-likeness (QED) is 0.913. The Hall–Kier alpha value is -1.88. The number of hydrogen-bond acceptors (Lipinski definition) is 4. The Morgan fingerprint density at radius 3 is 3.05 bits per heavy atom. The van der Waals surface area contributed by atoms with Crippen LogP contribution in [0.1, 0.15) is 12.8 Å². The molecule has 1 unspecified atom stereocenters. The largest absolute Gasteiger partial charge is 0.480 e. The lowest BCUT2D eigenvalue weighted by atomic mass is 10.2. The van der Waals surface area contributed by atoms with Crippen LogP contribution >= 0.6 is 11.6 Å². The van der Waals surface area contributed by atoms with Crippen molar-refractivity contribution in [3.8, 4) is 0 Å². The summed E-state index contributed by atoms with van der Waals surface area (Å²) in [7, 11) is 0. The Kier molecular flexibility index (Phi) is 2.98. The maximum Gasteiger partial charge on any atom is 0.326 e. The molecule has 0 aliphatic carbocycles. The lowest BCUT2D eigenvalue weighted by Gasteiger charge is -2.23. The van der Waals surface area contributed by atoms with Gasteiger partial charge in [0.2, 0.25) is 0 Å². The fourth-order valence-corrected chi connectivity index (χ4v) is 2.69. The van der Waals surface area contributed by atoms with Crippen LogP contribution in [0.4, 0.5) is 5.82 Å². The summed E-state index contributed by atoms with van der Waals surface area (Å²) in [6.45, 7) is 0.700. The third-order valence-electron chi connectivity index (χ3n) is 3.39. The summed E-state index contributed by atoms with van der Waals surface area (Å²) in [5.74, 6) is -0.134. The summed E-state index contributed by atoms with van der Waals surface area (Å²) < 4.78 is 0. The van der Waals surface area contributed by atoms with Gasteiger partial charge in [0.1, 0.15) is 18.2 Å². The van der Waals surface area contributed by atoms with E-state index >= 15 is 0 Å². The first-order valence-electron chi connectivity index (χ1n) is 6.06. The molecule has 1 saturated heterocycles. The molecule has 3 rings (SSSR count). The van der Waals surface area contributed by atoms with Gasteiger partial charge < -0.3 is 10.0 Å². The molecule has 98 valence electrons. The van der Waals surface area contributed by atoms with Gasteiger partial charge in [-0.3, -0.25) is 0 Å². The van der Waals surface area contributed by atoms with Crippen LogP contribution in [0.3, 0.4) is 0 Å². The molecule has 1 aliphatic heterocycles. The number of halogens is 1. The van der Waals surface area contributed by atoms with E-state index in [4.69, 9.17) is 11.6 Å². The second kappa shape index (κ2) is 4.66. The number of carbonyl (C=O) groups is 1. The molecular weight excluding hydrogens is 266 g/mol. The molecule has 1 aliphatic rings. The van der Waals surface area contributed by atoms with Crippen molar-refractivity contribution in [1.82, 2.24) is 9.97 Å². The van der Waals surface area contributed by atoms with Crippen molar-refractivity contribution in [2.24, 2.45) is 0 Å². The van der Waals surface area contributed by atoms with Crippen molar-refractivity contribution in [2.45, 2.75) is 18.9 Å². The summed E-state index contributed by atoms with van der Waals surface area (Å²) in [5.41, 5.74) is 0.730. The minimum absolute atomic E-state index is 0.506. The van der Waals surface area contributed by atoms with E-state index in [1.54, 1.807) is 12.1 Å². The summed E-state index contributed by atoms with van der Waals surface area (Å²) >= 11 is 5.94. The van der Waals surface area contributed by atoms with Crippen molar-refractivity contribution < 1.29 is 9.90 Å². The van der Waals surface area contributed by atoms with E-state index in [1.807, 2.05) is 11.0 Å². The Labute approximate surface area is 114 Å². The van der Waals surface area contributed by atoms with Crippen molar-refractivity contribution in [3.63, 3.8) is 0 Å². The fraction of sp³-hybridized carbons (Fsp3) is 0.308. The number of aromatic nitrogens is 2. The van der Waals surface area contributed by atoms with Crippen LogP contribution in [0.15, 0.2) is 24.5 Å². The molecule has 1 atom stereocenters. The zero-order chi connectivity index (χ0) is 13.4. The molecule has 19 heavy (non-hydrogen) atoms. The van der Waals surface area contributed by atoms with Gasteiger partial charge in [0.15, 0.2) is 0 Å². The average Bonchev–Trinajstić information content (AvgIpc) is 2.86. The van der Waals surface area contributed by atoms with Crippen LogP contribution in [0, 0.1) is 0 Å². The smallest absolute Gasteiger partial charge is 0.326 e. The number of carboxylic acids is 1. The van der Waals surface area contributed by atoms with Gasteiger partial charge in [-0.25, -0.2) is 14.8 Å². The molecular formula is C13H12ClN3O2. The topological polar surface area (TPSA) is 66.3 Å². The molecule has 1 aromatic carbocycles. The van der Waals surface area contributed by atoms with Crippen molar-refractivity contribution >= 4 is 34.3 Å². The van der Waals surface area contributed by atoms with Crippen molar-refractivity contribution in [2.75, 3.05) is 11.4 Å². The molecule has 0 bridgehead atoms. The number of rotatable bonds is 2. The summed E-state index contributed by atoms with van der Waals surface area (Å²) in [4.78, 5) is 21.5. The van der Waals surface area contributed by atoms with Crippen LogP contribution in [-0.2, 0) is 4.79 Å². The van der Waals surface area contributed by atoms with Crippen LogP contribution in [-0.4, -0.2) is 33.6 Å². The van der Waals surface area contributed by atoms with E-state index in [0.29, 0.717) is 23.8 Å². The Bertz CT molecular complexity index is 647. The standard InChI is InChI=1S/C13H12ClN3O2/c14-8-3-4-9-10(6-8)15-7-16-12(9)17-5-1-2-11(17)13(18)19/h3-4,6-7,11H,1-2,5H2,(H,18,19). The number of carboxylic acid groups (broad SMARTS) is 1. The molecule has 5 nitrogen and oxygen atoms in total. The number of benzene rings is 1. The highest BCUT2D eigenvalue weighted by atomic mass is 35.5. The number of aliphatic carboxylic acids is 1. The van der Waals surface area contributed by atoms with Gasteiger partial charge in [0.25, 0.3) is 0 Å². The predicted octanol–water partition coefficient (Wildman–Crippen LogP) is 2.34. The van der Waals surface area contributed by atoms with Crippen LogP contribution in [0.5, 0.6) is 0 Å². The molecule has 1 fully saturated rings. The molecule has 0 radical (unpaired) electrons. The average molecular weight is 278 g/mol. The molecule has 0 saturated carbocycles. The van der Waals surface area contributed by atoms with Gasteiger partial charge >= 0.3 is 5.97 Å². The van der Waals surface area contributed by atoms with Gasteiger partial charge in [0.05, 0.1) is 5.52 Å². The summed E-state index contributed by atoms with van der Waals surface area (Å²) in [6.07, 6.45) is 2.95. The maximum absolute atomic E-state index is 11.3. The lowest BCUT2D eigenvalue weighted by Crippen LogP contribution is -2.36. The van der Waals surface area contributed by atoms with E-state index < -0.39 is 12.0 Å². The fourth-order valence-electron chi connectivity index (χ4n) is 2.52. The molecule has 1 aromatic heterocycles. The Balaban J connectivity index is 2.12. The first kappa shape index (κ1) is 12.2. The number of fused-ring (bicyclic) bond motifs is 1. The zero-order valence-electron chi connectivity index (χ0n) is 10.1. The lowest BCUT2D eigenvalue weighted by molar-refractivity contribution is -0.138. The van der Waals surface area contributed by atoms with Crippen molar-refractivity contribution in [3.05, 3.63) is 29.5 Å². The molecule has 2 aromatic rings. The SMILES string of the molecule is O=C(O)C1CCCN1c1ncnc2cc(Cl)ccc12. The van der Waals surface area contributed by atoms with E-state index in [2.05, 4.69) is 9.97 Å². The van der Waals surface area contributed by atoms with Gasteiger partial charge in [0, 0.05) is 17.0 Å². The highest BCUT2D eigenvalue weighted by Crippen LogP contribution is 2.30. The molecule has 2 heterocycles. The molecule has 0 amide bonds. The number of hydrogen-bond donors (Lipinski definition) is 1. The minimum Gasteiger partial charge on any atom is -0.480 e. The third-order valence-corrected chi connectivity index (χ3v) is 3.62. The Morgan fingerprint density at radius 1 is 1.42 bits per heavy atom. The second-order valence-electron chi connectivity index (χ2n) is 4.55. The normalized spacial score (nSPS) is 19.0. The van der Waals surface area contributed by atoms with E-state index in [-0.39, 0.29) is 0 Å². The summed E-state index contributed by atoms with van der Waals surface area (Å²) in [6, 6.07) is 4.86. The second-order valence-corrected chi connectivity index (χ2v) is 4.98. The number of nitrogens with zero attached hydrogens (tertiary/aromatic N) is 3. The maximum atomic E-state index is 11.3. The summed E-state index contributed by atoms with van der Waals surface area (Å²) in [5, 5.41) is 10.7. The zero-order valence-corrected chi connectivity index (χ0v) is 10.8. The predicted molar refractivity (Wildman–Crippen MR) is 72.6 cm³/mol. The van der Waals surface area contributed by atoms with Crippen LogP contribution in [0.25, 0.3) is 10.9 Å². The van der Waals surface area contributed by atoms with E-state index in [0.717, 1.165) is 17.3 Å². The minimum atomic E-state index is -0.807. The molecule has 6 heteroatoms. The monoisotopic (exact) mass is 277 g/mol. The first-order valence-corrected chi connectivity index (χ1v) is 6.44. The first-order chi connectivity index (χ1) is 9.16. The highest BCUT2D eigenvalue weighted by molar-refractivity contribution is 6.31. The Morgan fingerprint density at radius 2 is 2.26 bits per heavy atom. The molecule has 1 N–H and O–H groups in total. The molecule has 0 spiro atoms. The van der Waals surface area contributed by atoms with Gasteiger partial charge in [-0.05, 0) is 31.0 Å².